The first-order valence-electron chi connectivity index (χ1n) is 13.5. The number of rotatable bonds is 21. The van der Waals surface area contributed by atoms with Crippen LogP contribution in [-0.4, -0.2) is 29.1 Å². The summed E-state index contributed by atoms with van der Waals surface area (Å²) in [5, 5.41) is 0. The molecule has 0 radical (unpaired) electrons. The highest BCUT2D eigenvalue weighted by atomic mass is 15.4. The Bertz CT molecular complexity index is 366. The van der Waals surface area contributed by atoms with Gasteiger partial charge in [-0.05, 0) is 25.7 Å². The van der Waals surface area contributed by atoms with Gasteiger partial charge in [0.15, 0.2) is 0 Å². The van der Waals surface area contributed by atoms with Crippen LogP contribution in [0.1, 0.15) is 143 Å². The van der Waals surface area contributed by atoms with Gasteiger partial charge in [-0.25, -0.2) is 0 Å². The van der Waals surface area contributed by atoms with Crippen molar-refractivity contribution in [2.24, 2.45) is 0 Å². The van der Waals surface area contributed by atoms with Crippen LogP contribution in [0.2, 0.25) is 0 Å². The zero-order valence-corrected chi connectivity index (χ0v) is 20.5. The van der Waals surface area contributed by atoms with E-state index in [1.165, 1.54) is 135 Å². The van der Waals surface area contributed by atoms with Crippen LogP contribution in [0.25, 0.3) is 0 Å². The van der Waals surface area contributed by atoms with Gasteiger partial charge in [-0.15, -0.1) is 0 Å². The Kier molecular flexibility index (Phi) is 17.6. The number of hydrogen-bond acceptors (Lipinski definition) is 2. The van der Waals surface area contributed by atoms with E-state index in [1.807, 2.05) is 0 Å². The van der Waals surface area contributed by atoms with Gasteiger partial charge in [0.1, 0.15) is 6.17 Å². The summed E-state index contributed by atoms with van der Waals surface area (Å²) in [7, 11) is 0. The van der Waals surface area contributed by atoms with Crippen molar-refractivity contribution in [2.45, 2.75) is 149 Å². The smallest absolute Gasteiger partial charge is 0.101 e. The minimum absolute atomic E-state index is 0.645. The second-order valence-corrected chi connectivity index (χ2v) is 9.35. The van der Waals surface area contributed by atoms with Crippen molar-refractivity contribution in [2.75, 3.05) is 13.1 Å². The molecule has 0 aliphatic carbocycles. The highest BCUT2D eigenvalue weighted by Gasteiger charge is 2.24. The Labute approximate surface area is 184 Å². The van der Waals surface area contributed by atoms with Gasteiger partial charge in [-0.2, -0.15) is 0 Å². The lowest BCUT2D eigenvalue weighted by Crippen LogP contribution is -2.39. The highest BCUT2D eigenvalue weighted by molar-refractivity contribution is 4.96. The average Bonchev–Trinajstić information content (AvgIpc) is 3.12. The Morgan fingerprint density at radius 3 is 1.31 bits per heavy atom. The SMILES string of the molecule is CCCCCCCCCCCCCN1C=CN(CCCC)C1CCCCCCC. The monoisotopic (exact) mass is 406 g/mol. The van der Waals surface area contributed by atoms with Crippen molar-refractivity contribution in [3.8, 4) is 0 Å². The fraction of sp³-hybridized carbons (Fsp3) is 0.926. The summed E-state index contributed by atoms with van der Waals surface area (Å²) >= 11 is 0. The normalized spacial score (nSPS) is 16.3. The van der Waals surface area contributed by atoms with Crippen LogP contribution in [0.4, 0.5) is 0 Å². The Morgan fingerprint density at radius 2 is 0.828 bits per heavy atom. The van der Waals surface area contributed by atoms with E-state index in [0.717, 1.165) is 0 Å². The molecule has 0 aromatic heterocycles. The molecule has 0 saturated carbocycles. The first-order valence-corrected chi connectivity index (χ1v) is 13.5. The molecule has 0 saturated heterocycles. The van der Waals surface area contributed by atoms with Crippen LogP contribution in [0, 0.1) is 0 Å². The molecule has 0 N–H and O–H groups in total. The molecule has 1 rings (SSSR count). The van der Waals surface area contributed by atoms with Crippen LogP contribution in [0.3, 0.4) is 0 Å². The molecule has 0 aromatic carbocycles. The molecule has 0 amide bonds. The third kappa shape index (κ3) is 13.3. The van der Waals surface area contributed by atoms with Crippen LogP contribution < -0.4 is 0 Å². The van der Waals surface area contributed by atoms with Gasteiger partial charge in [0.25, 0.3) is 0 Å². The molecule has 1 aliphatic rings. The maximum absolute atomic E-state index is 2.66. The molecule has 0 aromatic rings. The third-order valence-corrected chi connectivity index (χ3v) is 6.57. The lowest BCUT2D eigenvalue weighted by molar-refractivity contribution is 0.136. The van der Waals surface area contributed by atoms with Crippen LogP contribution in [-0.2, 0) is 0 Å². The molecule has 1 heterocycles. The van der Waals surface area contributed by atoms with Crippen molar-refractivity contribution >= 4 is 0 Å². The second-order valence-electron chi connectivity index (χ2n) is 9.35. The first-order chi connectivity index (χ1) is 14.3. The number of unbranched alkanes of at least 4 members (excludes halogenated alkanes) is 15. The summed E-state index contributed by atoms with van der Waals surface area (Å²) < 4.78 is 0. The predicted octanol–water partition coefficient (Wildman–Crippen LogP) is 8.87. The molecule has 1 aliphatic heterocycles. The minimum atomic E-state index is 0.645. The molecule has 172 valence electrons. The maximum atomic E-state index is 2.66. The largest absolute Gasteiger partial charge is 0.356 e. The molecule has 0 spiro atoms. The topological polar surface area (TPSA) is 6.48 Å². The number of hydrogen-bond donors (Lipinski definition) is 0. The molecule has 1 unspecified atom stereocenters. The minimum Gasteiger partial charge on any atom is -0.356 e. The van der Waals surface area contributed by atoms with Crippen molar-refractivity contribution in [1.82, 2.24) is 9.80 Å². The predicted molar refractivity (Wildman–Crippen MR) is 131 cm³/mol. The van der Waals surface area contributed by atoms with Crippen molar-refractivity contribution < 1.29 is 0 Å². The Morgan fingerprint density at radius 1 is 0.448 bits per heavy atom. The van der Waals surface area contributed by atoms with Gasteiger partial charge in [0, 0.05) is 25.5 Å². The lowest BCUT2D eigenvalue weighted by atomic mass is 10.1. The maximum Gasteiger partial charge on any atom is 0.101 e. The van der Waals surface area contributed by atoms with Gasteiger partial charge >= 0.3 is 0 Å². The molecule has 0 fully saturated rings. The first kappa shape index (κ1) is 26.4. The number of nitrogens with zero attached hydrogens (tertiary/aromatic N) is 2. The summed E-state index contributed by atoms with van der Waals surface area (Å²) in [5.41, 5.74) is 0. The lowest BCUT2D eigenvalue weighted by Gasteiger charge is -2.33. The van der Waals surface area contributed by atoms with Crippen molar-refractivity contribution in [1.29, 1.82) is 0 Å². The summed E-state index contributed by atoms with van der Waals surface area (Å²) in [4.78, 5) is 5.28. The van der Waals surface area contributed by atoms with E-state index in [1.54, 1.807) is 0 Å². The third-order valence-electron chi connectivity index (χ3n) is 6.57. The molecular formula is C27H54N2. The van der Waals surface area contributed by atoms with Gasteiger partial charge in [-0.3, -0.25) is 0 Å². The Balaban J connectivity index is 2.13. The zero-order chi connectivity index (χ0) is 21.0. The average molecular weight is 407 g/mol. The van der Waals surface area contributed by atoms with E-state index in [-0.39, 0.29) is 0 Å². The van der Waals surface area contributed by atoms with Crippen molar-refractivity contribution in [3.05, 3.63) is 12.4 Å². The van der Waals surface area contributed by atoms with E-state index in [9.17, 15) is 0 Å². The van der Waals surface area contributed by atoms with Crippen LogP contribution in [0.5, 0.6) is 0 Å². The molecule has 29 heavy (non-hydrogen) atoms. The van der Waals surface area contributed by atoms with Crippen molar-refractivity contribution in [3.63, 3.8) is 0 Å². The standard InChI is InChI=1S/C27H54N2/c1-4-7-10-12-13-14-15-16-17-19-21-24-29-26-25-28(23-9-6-3)27(29)22-20-18-11-8-5-2/h25-27H,4-24H2,1-3H3. The van der Waals surface area contributed by atoms with Gasteiger partial charge in [0.05, 0.1) is 0 Å². The van der Waals surface area contributed by atoms with E-state index in [0.29, 0.717) is 6.17 Å². The van der Waals surface area contributed by atoms with E-state index >= 15 is 0 Å². The van der Waals surface area contributed by atoms with E-state index < -0.39 is 0 Å². The highest BCUT2D eigenvalue weighted by Crippen LogP contribution is 2.23. The van der Waals surface area contributed by atoms with Gasteiger partial charge < -0.3 is 9.80 Å². The summed E-state index contributed by atoms with van der Waals surface area (Å²) in [6.07, 6.45) is 32.1. The Hall–Kier alpha value is -0.660. The van der Waals surface area contributed by atoms with E-state index in [2.05, 4.69) is 43.0 Å². The molecular weight excluding hydrogens is 352 g/mol. The zero-order valence-electron chi connectivity index (χ0n) is 20.5. The fourth-order valence-corrected chi connectivity index (χ4v) is 4.57. The van der Waals surface area contributed by atoms with Crippen LogP contribution in [0.15, 0.2) is 12.4 Å². The second kappa shape index (κ2) is 19.3. The van der Waals surface area contributed by atoms with E-state index in [4.69, 9.17) is 0 Å². The fourth-order valence-electron chi connectivity index (χ4n) is 4.57. The molecule has 0 bridgehead atoms. The summed E-state index contributed by atoms with van der Waals surface area (Å²) in [5.74, 6) is 0. The quantitative estimate of drug-likeness (QED) is 0.176. The molecule has 2 heteroatoms. The molecule has 1 atom stereocenters. The van der Waals surface area contributed by atoms with Gasteiger partial charge in [-0.1, -0.05) is 117 Å². The van der Waals surface area contributed by atoms with Crippen LogP contribution >= 0.6 is 0 Å². The molecule has 2 nitrogen and oxygen atoms in total. The summed E-state index contributed by atoms with van der Waals surface area (Å²) in [6, 6.07) is 0. The van der Waals surface area contributed by atoms with Gasteiger partial charge in [0.2, 0.25) is 0 Å². The summed E-state index contributed by atoms with van der Waals surface area (Å²) in [6.45, 7) is 9.42.